The van der Waals surface area contributed by atoms with Crippen LogP contribution in [0.2, 0.25) is 0 Å². The van der Waals surface area contributed by atoms with Crippen LogP contribution in [-0.4, -0.2) is 17.2 Å². The van der Waals surface area contributed by atoms with E-state index >= 15 is 0 Å². The molecule has 3 nitrogen and oxygen atoms in total. The highest BCUT2D eigenvalue weighted by atomic mass is 19.1. The topological polar surface area (TPSA) is 46.5 Å². The second kappa shape index (κ2) is 4.51. The number of rotatable bonds is 3. The molecule has 1 N–H and O–H groups in total. The predicted molar refractivity (Wildman–Crippen MR) is 56.2 cm³/mol. The maximum atomic E-state index is 13.5. The van der Waals surface area contributed by atoms with Crippen molar-refractivity contribution in [3.8, 4) is 5.75 Å². The molecular weight excluding hydrogens is 211 g/mol. The molecule has 0 bridgehead atoms. The lowest BCUT2D eigenvalue weighted by molar-refractivity contribution is 0.0696. The summed E-state index contributed by atoms with van der Waals surface area (Å²) >= 11 is 0. The molecule has 2 rings (SSSR count). The van der Waals surface area contributed by atoms with Gasteiger partial charge in [-0.05, 0) is 43.9 Å². The molecule has 0 aliphatic heterocycles. The zero-order valence-corrected chi connectivity index (χ0v) is 8.78. The average molecular weight is 224 g/mol. The quantitative estimate of drug-likeness (QED) is 0.858. The normalized spacial score (nSPS) is 16.3. The molecule has 1 aliphatic rings. The third-order valence-electron chi connectivity index (χ3n) is 2.77. The van der Waals surface area contributed by atoms with Gasteiger partial charge < -0.3 is 9.84 Å². The van der Waals surface area contributed by atoms with Gasteiger partial charge in [-0.1, -0.05) is 0 Å². The second-order valence-electron chi connectivity index (χ2n) is 3.97. The van der Waals surface area contributed by atoms with E-state index in [2.05, 4.69) is 0 Å². The summed E-state index contributed by atoms with van der Waals surface area (Å²) < 4.78 is 18.9. The Morgan fingerprint density at radius 3 is 2.62 bits per heavy atom. The molecule has 0 saturated heterocycles. The predicted octanol–water partition coefficient (Wildman–Crippen LogP) is 2.85. The van der Waals surface area contributed by atoms with Crippen LogP contribution in [0, 0.1) is 5.82 Å². The van der Waals surface area contributed by atoms with Crippen LogP contribution < -0.4 is 4.74 Å². The molecule has 0 atom stereocenters. The monoisotopic (exact) mass is 224 g/mol. The number of carboxylic acids is 1. The molecule has 0 spiro atoms. The summed E-state index contributed by atoms with van der Waals surface area (Å²) in [5.74, 6) is -1.59. The number of carbonyl (C=O) groups is 1. The Labute approximate surface area is 92.9 Å². The molecule has 1 aromatic rings. The van der Waals surface area contributed by atoms with Crippen LogP contribution in [0.1, 0.15) is 36.0 Å². The molecule has 1 aromatic carbocycles. The number of halogens is 1. The van der Waals surface area contributed by atoms with Crippen molar-refractivity contribution in [1.82, 2.24) is 0 Å². The highest BCUT2D eigenvalue weighted by molar-refractivity contribution is 5.87. The minimum absolute atomic E-state index is 0.0590. The summed E-state index contributed by atoms with van der Waals surface area (Å²) in [6, 6.07) is 3.74. The molecule has 4 heteroatoms. The van der Waals surface area contributed by atoms with Crippen LogP contribution in [-0.2, 0) is 0 Å². The summed E-state index contributed by atoms with van der Waals surface area (Å²) in [7, 11) is 0. The van der Waals surface area contributed by atoms with E-state index < -0.39 is 11.8 Å². The van der Waals surface area contributed by atoms with Gasteiger partial charge >= 0.3 is 5.97 Å². The van der Waals surface area contributed by atoms with Crippen molar-refractivity contribution in [2.45, 2.75) is 31.8 Å². The smallest absolute Gasteiger partial charge is 0.335 e. The first-order chi connectivity index (χ1) is 7.66. The number of benzene rings is 1. The van der Waals surface area contributed by atoms with Gasteiger partial charge in [0.25, 0.3) is 0 Å². The maximum Gasteiger partial charge on any atom is 0.335 e. The summed E-state index contributed by atoms with van der Waals surface area (Å²) in [4.78, 5) is 10.6. The first-order valence-corrected chi connectivity index (χ1v) is 5.36. The van der Waals surface area contributed by atoms with Crippen LogP contribution in [0.15, 0.2) is 18.2 Å². The molecule has 0 aromatic heterocycles. The zero-order chi connectivity index (χ0) is 11.5. The minimum Gasteiger partial charge on any atom is -0.487 e. The Morgan fingerprint density at radius 1 is 1.38 bits per heavy atom. The van der Waals surface area contributed by atoms with Crippen molar-refractivity contribution in [2.75, 3.05) is 0 Å². The molecule has 86 valence electrons. The van der Waals surface area contributed by atoms with Gasteiger partial charge in [0.15, 0.2) is 11.6 Å². The molecule has 16 heavy (non-hydrogen) atoms. The fourth-order valence-electron chi connectivity index (χ4n) is 1.92. The molecule has 0 unspecified atom stereocenters. The zero-order valence-electron chi connectivity index (χ0n) is 8.78. The van der Waals surface area contributed by atoms with Gasteiger partial charge in [0.1, 0.15) is 0 Å². The van der Waals surface area contributed by atoms with Crippen molar-refractivity contribution in [3.05, 3.63) is 29.6 Å². The number of hydrogen-bond acceptors (Lipinski definition) is 2. The lowest BCUT2D eigenvalue weighted by atomic mass is 10.2. The van der Waals surface area contributed by atoms with Gasteiger partial charge in [0.05, 0.1) is 11.7 Å². The molecule has 0 radical (unpaired) electrons. The highest BCUT2D eigenvalue weighted by Crippen LogP contribution is 2.26. The fourth-order valence-corrected chi connectivity index (χ4v) is 1.92. The molecular formula is C12H13FO3. The van der Waals surface area contributed by atoms with E-state index in [9.17, 15) is 9.18 Å². The van der Waals surface area contributed by atoms with Crippen molar-refractivity contribution in [3.63, 3.8) is 0 Å². The largest absolute Gasteiger partial charge is 0.487 e. The van der Waals surface area contributed by atoms with E-state index in [4.69, 9.17) is 9.84 Å². The molecule has 0 heterocycles. The van der Waals surface area contributed by atoms with Crippen molar-refractivity contribution in [2.24, 2.45) is 0 Å². The first-order valence-electron chi connectivity index (χ1n) is 5.36. The van der Waals surface area contributed by atoms with Crippen LogP contribution in [0.3, 0.4) is 0 Å². The summed E-state index contributed by atoms with van der Waals surface area (Å²) in [6.45, 7) is 0. The number of hydrogen-bond donors (Lipinski definition) is 1. The van der Waals surface area contributed by atoms with E-state index in [1.54, 1.807) is 0 Å². The van der Waals surface area contributed by atoms with E-state index in [0.29, 0.717) is 0 Å². The third-order valence-corrected chi connectivity index (χ3v) is 2.77. The van der Waals surface area contributed by atoms with Crippen molar-refractivity contribution in [1.29, 1.82) is 0 Å². The summed E-state index contributed by atoms with van der Waals surface area (Å²) in [5, 5.41) is 8.68. The van der Waals surface area contributed by atoms with Crippen molar-refractivity contribution < 1.29 is 19.0 Å². The van der Waals surface area contributed by atoms with E-state index in [-0.39, 0.29) is 17.4 Å². The van der Waals surface area contributed by atoms with E-state index in [0.717, 1.165) is 31.7 Å². The lowest BCUT2D eigenvalue weighted by Crippen LogP contribution is -2.12. The maximum absolute atomic E-state index is 13.5. The summed E-state index contributed by atoms with van der Waals surface area (Å²) in [5.41, 5.74) is -0.0590. The first kappa shape index (κ1) is 10.9. The minimum atomic E-state index is -1.13. The van der Waals surface area contributed by atoms with E-state index in [1.807, 2.05) is 0 Å². The van der Waals surface area contributed by atoms with Crippen LogP contribution >= 0.6 is 0 Å². The molecule has 0 amide bonds. The highest BCUT2D eigenvalue weighted by Gasteiger charge is 2.18. The Balaban J connectivity index is 2.12. The third kappa shape index (κ3) is 2.32. The van der Waals surface area contributed by atoms with Gasteiger partial charge in [0, 0.05) is 0 Å². The van der Waals surface area contributed by atoms with Gasteiger partial charge in [-0.15, -0.1) is 0 Å². The number of carboxylic acid groups (broad SMARTS) is 1. The van der Waals surface area contributed by atoms with E-state index in [1.165, 1.54) is 12.1 Å². The fraction of sp³-hybridized carbons (Fsp3) is 0.417. The Morgan fingerprint density at radius 2 is 2.06 bits per heavy atom. The average Bonchev–Trinajstić information content (AvgIpc) is 2.73. The molecule has 1 fully saturated rings. The second-order valence-corrected chi connectivity index (χ2v) is 3.97. The lowest BCUT2D eigenvalue weighted by Gasteiger charge is -2.13. The van der Waals surface area contributed by atoms with Crippen LogP contribution in [0.25, 0.3) is 0 Å². The van der Waals surface area contributed by atoms with Crippen molar-refractivity contribution >= 4 is 5.97 Å². The van der Waals surface area contributed by atoms with Gasteiger partial charge in [-0.25, -0.2) is 9.18 Å². The van der Waals surface area contributed by atoms with Crippen LogP contribution in [0.4, 0.5) is 4.39 Å². The Kier molecular flexibility index (Phi) is 3.08. The number of ether oxygens (including phenoxy) is 1. The molecule has 1 aliphatic carbocycles. The Hall–Kier alpha value is -1.58. The molecule has 1 saturated carbocycles. The van der Waals surface area contributed by atoms with Gasteiger partial charge in [-0.2, -0.15) is 0 Å². The summed E-state index contributed by atoms with van der Waals surface area (Å²) in [6.07, 6.45) is 4.18. The van der Waals surface area contributed by atoms with Crippen LogP contribution in [0.5, 0.6) is 5.75 Å². The number of aromatic carboxylic acids is 1. The standard InChI is InChI=1S/C12H13FO3/c13-10-7-8(12(14)15)5-6-11(10)16-9-3-1-2-4-9/h5-7,9H,1-4H2,(H,14,15). The SMILES string of the molecule is O=C(O)c1ccc(OC2CCCC2)c(F)c1. The van der Waals surface area contributed by atoms with Gasteiger partial charge in [0.2, 0.25) is 0 Å². The van der Waals surface area contributed by atoms with Gasteiger partial charge in [-0.3, -0.25) is 0 Å². The Bertz CT molecular complexity index is 397.